The van der Waals surface area contributed by atoms with Gasteiger partial charge < -0.3 is 19.4 Å². The SMILES string of the molecule is CC(NCC1CCCN(C(=O)OC(C)(C)C)C1)c1ccc(Br)o1. The number of nitrogens with zero attached hydrogens (tertiary/aromatic N) is 1. The number of piperidine rings is 1. The van der Waals surface area contributed by atoms with Crippen molar-refractivity contribution >= 4 is 22.0 Å². The van der Waals surface area contributed by atoms with Gasteiger partial charge in [0.25, 0.3) is 0 Å². The second kappa shape index (κ2) is 7.71. The van der Waals surface area contributed by atoms with Gasteiger partial charge in [0.05, 0.1) is 6.04 Å². The molecule has 130 valence electrons. The summed E-state index contributed by atoms with van der Waals surface area (Å²) in [5, 5.41) is 3.50. The maximum absolute atomic E-state index is 12.2. The van der Waals surface area contributed by atoms with E-state index in [2.05, 4.69) is 28.2 Å². The Bertz CT molecular complexity index is 524. The second-order valence-electron chi connectivity index (χ2n) is 7.21. The van der Waals surface area contributed by atoms with E-state index in [0.717, 1.165) is 42.9 Å². The minimum Gasteiger partial charge on any atom is -0.453 e. The Morgan fingerprint density at radius 2 is 2.26 bits per heavy atom. The molecule has 0 spiro atoms. The first-order valence-electron chi connectivity index (χ1n) is 8.21. The molecule has 1 N–H and O–H groups in total. The summed E-state index contributed by atoms with van der Waals surface area (Å²) in [7, 11) is 0. The molecule has 5 nitrogen and oxygen atoms in total. The van der Waals surface area contributed by atoms with Gasteiger partial charge in [-0.05, 0) is 74.5 Å². The highest BCUT2D eigenvalue weighted by atomic mass is 79.9. The number of furan rings is 1. The number of carbonyl (C=O) groups excluding carboxylic acids is 1. The highest BCUT2D eigenvalue weighted by Crippen LogP contribution is 2.22. The van der Waals surface area contributed by atoms with Crippen LogP contribution in [0.1, 0.15) is 52.3 Å². The summed E-state index contributed by atoms with van der Waals surface area (Å²) in [6.45, 7) is 10.2. The molecule has 1 aromatic heterocycles. The summed E-state index contributed by atoms with van der Waals surface area (Å²) in [6.07, 6.45) is 1.94. The Kier molecular flexibility index (Phi) is 6.14. The topological polar surface area (TPSA) is 54.7 Å². The summed E-state index contributed by atoms with van der Waals surface area (Å²) in [5.41, 5.74) is -0.441. The van der Waals surface area contributed by atoms with Crippen LogP contribution in [0.15, 0.2) is 21.2 Å². The van der Waals surface area contributed by atoms with Gasteiger partial charge in [-0.2, -0.15) is 0 Å². The number of hydrogen-bond donors (Lipinski definition) is 1. The van der Waals surface area contributed by atoms with E-state index < -0.39 is 5.60 Å². The predicted octanol–water partition coefficient (Wildman–Crippen LogP) is 4.34. The fraction of sp³-hybridized carbons (Fsp3) is 0.706. The van der Waals surface area contributed by atoms with Gasteiger partial charge in [-0.3, -0.25) is 0 Å². The van der Waals surface area contributed by atoms with Crippen LogP contribution in [0.5, 0.6) is 0 Å². The lowest BCUT2D eigenvalue weighted by Crippen LogP contribution is -2.45. The van der Waals surface area contributed by atoms with Crippen molar-refractivity contribution in [2.45, 2.75) is 52.2 Å². The van der Waals surface area contributed by atoms with Crippen LogP contribution >= 0.6 is 15.9 Å². The summed E-state index contributed by atoms with van der Waals surface area (Å²) in [6, 6.07) is 4.02. The highest BCUT2D eigenvalue weighted by Gasteiger charge is 2.27. The lowest BCUT2D eigenvalue weighted by molar-refractivity contribution is 0.0165. The smallest absolute Gasteiger partial charge is 0.410 e. The molecule has 1 aromatic rings. The summed E-state index contributed by atoms with van der Waals surface area (Å²) in [5.74, 6) is 1.36. The Morgan fingerprint density at radius 3 is 2.87 bits per heavy atom. The number of ether oxygens (including phenoxy) is 1. The van der Waals surface area contributed by atoms with Crippen LogP contribution in [-0.2, 0) is 4.74 Å². The third-order valence-electron chi connectivity index (χ3n) is 3.90. The second-order valence-corrected chi connectivity index (χ2v) is 7.99. The number of likely N-dealkylation sites (tertiary alicyclic amines) is 1. The molecule has 0 saturated carbocycles. The Hall–Kier alpha value is -1.01. The quantitative estimate of drug-likeness (QED) is 0.835. The Labute approximate surface area is 146 Å². The minimum atomic E-state index is -0.441. The van der Waals surface area contributed by atoms with Crippen LogP contribution in [0, 0.1) is 5.92 Å². The average molecular weight is 387 g/mol. The van der Waals surface area contributed by atoms with Gasteiger partial charge in [0.15, 0.2) is 4.67 Å². The van der Waals surface area contributed by atoms with E-state index in [4.69, 9.17) is 9.15 Å². The number of amides is 1. The number of rotatable bonds is 4. The van der Waals surface area contributed by atoms with Crippen molar-refractivity contribution in [3.05, 3.63) is 22.6 Å². The number of halogens is 1. The van der Waals surface area contributed by atoms with E-state index in [0.29, 0.717) is 5.92 Å². The molecule has 2 unspecified atom stereocenters. The molecule has 0 bridgehead atoms. The van der Waals surface area contributed by atoms with Crippen molar-refractivity contribution < 1.29 is 13.9 Å². The van der Waals surface area contributed by atoms with Crippen molar-refractivity contribution in [3.8, 4) is 0 Å². The van der Waals surface area contributed by atoms with E-state index in [-0.39, 0.29) is 12.1 Å². The van der Waals surface area contributed by atoms with Crippen molar-refractivity contribution in [2.24, 2.45) is 5.92 Å². The molecular weight excluding hydrogens is 360 g/mol. The Morgan fingerprint density at radius 1 is 1.52 bits per heavy atom. The summed E-state index contributed by atoms with van der Waals surface area (Å²) in [4.78, 5) is 14.0. The summed E-state index contributed by atoms with van der Waals surface area (Å²) >= 11 is 3.32. The van der Waals surface area contributed by atoms with E-state index in [9.17, 15) is 4.79 Å². The maximum Gasteiger partial charge on any atom is 0.410 e. The van der Waals surface area contributed by atoms with E-state index in [1.54, 1.807) is 0 Å². The number of carbonyl (C=O) groups is 1. The van der Waals surface area contributed by atoms with Crippen molar-refractivity contribution in [1.82, 2.24) is 10.2 Å². The monoisotopic (exact) mass is 386 g/mol. The lowest BCUT2D eigenvalue weighted by Gasteiger charge is -2.34. The van der Waals surface area contributed by atoms with Crippen molar-refractivity contribution in [3.63, 3.8) is 0 Å². The highest BCUT2D eigenvalue weighted by molar-refractivity contribution is 9.10. The van der Waals surface area contributed by atoms with Crippen LogP contribution in [-0.4, -0.2) is 36.2 Å². The molecule has 2 atom stereocenters. The zero-order chi connectivity index (χ0) is 17.0. The van der Waals surface area contributed by atoms with Gasteiger partial charge in [0.2, 0.25) is 0 Å². The molecular formula is C17H27BrN2O3. The zero-order valence-corrected chi connectivity index (χ0v) is 16.0. The third-order valence-corrected chi connectivity index (χ3v) is 4.33. The van der Waals surface area contributed by atoms with Gasteiger partial charge in [0.1, 0.15) is 11.4 Å². The molecule has 0 aromatic carbocycles. The normalized spacial score (nSPS) is 20.4. The zero-order valence-electron chi connectivity index (χ0n) is 14.4. The standard InChI is InChI=1S/C17H27BrN2O3/c1-12(14-7-8-15(18)22-14)19-10-13-6-5-9-20(11-13)16(21)23-17(2,3)4/h7-8,12-13,19H,5-6,9-11H2,1-4H3. The van der Waals surface area contributed by atoms with Crippen LogP contribution in [0.2, 0.25) is 0 Å². The molecule has 2 rings (SSSR count). The van der Waals surface area contributed by atoms with Crippen LogP contribution in [0.25, 0.3) is 0 Å². The first-order valence-corrected chi connectivity index (χ1v) is 9.00. The third kappa shape index (κ3) is 5.84. The molecule has 1 fully saturated rings. The first kappa shape index (κ1) is 18.3. The molecule has 1 saturated heterocycles. The van der Waals surface area contributed by atoms with Crippen LogP contribution in [0.4, 0.5) is 4.79 Å². The van der Waals surface area contributed by atoms with E-state index in [1.807, 2.05) is 37.8 Å². The summed E-state index contributed by atoms with van der Waals surface area (Å²) < 4.78 is 11.8. The number of nitrogens with one attached hydrogen (secondary N) is 1. The van der Waals surface area contributed by atoms with Crippen molar-refractivity contribution in [2.75, 3.05) is 19.6 Å². The first-order chi connectivity index (χ1) is 10.7. The van der Waals surface area contributed by atoms with Gasteiger partial charge in [0, 0.05) is 19.6 Å². The predicted molar refractivity (Wildman–Crippen MR) is 93.4 cm³/mol. The number of hydrogen-bond acceptors (Lipinski definition) is 4. The molecule has 6 heteroatoms. The average Bonchev–Trinajstić information content (AvgIpc) is 2.90. The molecule has 0 aliphatic carbocycles. The van der Waals surface area contributed by atoms with Gasteiger partial charge >= 0.3 is 6.09 Å². The molecule has 0 radical (unpaired) electrons. The Balaban J connectivity index is 1.81. The molecule has 1 aliphatic heterocycles. The van der Waals surface area contributed by atoms with Gasteiger partial charge in [-0.15, -0.1) is 0 Å². The van der Waals surface area contributed by atoms with E-state index >= 15 is 0 Å². The fourth-order valence-corrected chi connectivity index (χ4v) is 3.05. The maximum atomic E-state index is 12.2. The fourth-order valence-electron chi connectivity index (χ4n) is 2.73. The molecule has 23 heavy (non-hydrogen) atoms. The molecule has 1 aliphatic rings. The van der Waals surface area contributed by atoms with Crippen LogP contribution in [0.3, 0.4) is 0 Å². The molecule has 2 heterocycles. The minimum absolute atomic E-state index is 0.151. The van der Waals surface area contributed by atoms with Gasteiger partial charge in [-0.1, -0.05) is 0 Å². The van der Waals surface area contributed by atoms with Crippen LogP contribution < -0.4 is 5.32 Å². The largest absolute Gasteiger partial charge is 0.453 e. The lowest BCUT2D eigenvalue weighted by atomic mass is 9.98. The van der Waals surface area contributed by atoms with Crippen molar-refractivity contribution in [1.29, 1.82) is 0 Å². The van der Waals surface area contributed by atoms with Gasteiger partial charge in [-0.25, -0.2) is 4.79 Å². The van der Waals surface area contributed by atoms with E-state index in [1.165, 1.54) is 0 Å². The molecule has 1 amide bonds.